The quantitative estimate of drug-likeness (QED) is 0.587. The molecule has 0 unspecified atom stereocenters. The fourth-order valence-electron chi connectivity index (χ4n) is 1.93. The van der Waals surface area contributed by atoms with Crippen LogP contribution in [0.25, 0.3) is 0 Å². The predicted molar refractivity (Wildman–Crippen MR) is 75.4 cm³/mol. The van der Waals surface area contributed by atoms with E-state index >= 15 is 0 Å². The maximum absolute atomic E-state index is 12.4. The molecule has 2 rings (SSSR count). The molecule has 1 heterocycles. The lowest BCUT2D eigenvalue weighted by atomic mass is 10.3. The van der Waals surface area contributed by atoms with Crippen molar-refractivity contribution in [3.05, 3.63) is 28.3 Å². The topological polar surface area (TPSA) is 114 Å². The number of sulfonamides is 1. The first-order chi connectivity index (χ1) is 9.94. The minimum absolute atomic E-state index is 0.161. The molecule has 0 bridgehead atoms. The van der Waals surface area contributed by atoms with Crippen LogP contribution < -0.4 is 10.1 Å². The van der Waals surface area contributed by atoms with Crippen LogP contribution in [0.1, 0.15) is 0 Å². The SMILES string of the molecule is CNc1ccc([N+](=O)[O-])cc1S(=O)(=O)NN1CCOCC1. The van der Waals surface area contributed by atoms with Crippen molar-refractivity contribution < 1.29 is 18.1 Å². The molecule has 0 atom stereocenters. The Morgan fingerprint density at radius 2 is 2.00 bits per heavy atom. The third-order valence-corrected chi connectivity index (χ3v) is 4.41. The molecule has 1 fully saturated rings. The van der Waals surface area contributed by atoms with Gasteiger partial charge in [-0.2, -0.15) is 0 Å². The molecule has 1 aromatic rings. The van der Waals surface area contributed by atoms with Crippen molar-refractivity contribution in [2.45, 2.75) is 4.90 Å². The van der Waals surface area contributed by atoms with E-state index in [9.17, 15) is 18.5 Å². The summed E-state index contributed by atoms with van der Waals surface area (Å²) in [5, 5.41) is 15.0. The summed E-state index contributed by atoms with van der Waals surface area (Å²) in [4.78, 5) is 12.4. The van der Waals surface area contributed by atoms with E-state index in [2.05, 4.69) is 10.1 Å². The third-order valence-electron chi connectivity index (χ3n) is 3.00. The Kier molecular flexibility index (Phi) is 4.73. The van der Waals surface area contributed by atoms with Crippen LogP contribution in [0.5, 0.6) is 0 Å². The summed E-state index contributed by atoms with van der Waals surface area (Å²) in [5.74, 6) is 0. The van der Waals surface area contributed by atoms with Crippen LogP contribution in [0.15, 0.2) is 23.1 Å². The fraction of sp³-hybridized carbons (Fsp3) is 0.455. The molecule has 1 saturated heterocycles. The van der Waals surface area contributed by atoms with Gasteiger partial charge in [-0.3, -0.25) is 10.1 Å². The molecule has 0 saturated carbocycles. The first-order valence-electron chi connectivity index (χ1n) is 6.25. The van der Waals surface area contributed by atoms with E-state index in [1.807, 2.05) is 0 Å². The minimum Gasteiger partial charge on any atom is -0.387 e. The number of benzene rings is 1. The van der Waals surface area contributed by atoms with Crippen molar-refractivity contribution in [3.63, 3.8) is 0 Å². The number of morpholine rings is 1. The molecular weight excluding hydrogens is 300 g/mol. The minimum atomic E-state index is -3.91. The van der Waals surface area contributed by atoms with Gasteiger partial charge in [-0.1, -0.05) is 0 Å². The average Bonchev–Trinajstić information content (AvgIpc) is 2.47. The van der Waals surface area contributed by atoms with Crippen molar-refractivity contribution in [1.82, 2.24) is 9.84 Å². The number of hydrogen-bond acceptors (Lipinski definition) is 7. The zero-order valence-electron chi connectivity index (χ0n) is 11.4. The summed E-state index contributed by atoms with van der Waals surface area (Å²) in [7, 11) is -2.35. The number of nitrogens with one attached hydrogen (secondary N) is 2. The summed E-state index contributed by atoms with van der Waals surface area (Å²) < 4.78 is 29.9. The summed E-state index contributed by atoms with van der Waals surface area (Å²) in [6.45, 7) is 1.69. The molecule has 1 aromatic carbocycles. The highest BCUT2D eigenvalue weighted by atomic mass is 32.2. The molecular formula is C11H16N4O5S. The Morgan fingerprint density at radius 3 is 2.57 bits per heavy atom. The van der Waals surface area contributed by atoms with Crippen molar-refractivity contribution in [2.24, 2.45) is 0 Å². The number of non-ortho nitro benzene ring substituents is 1. The van der Waals surface area contributed by atoms with Gasteiger partial charge < -0.3 is 10.1 Å². The molecule has 10 heteroatoms. The number of hydrazine groups is 1. The monoisotopic (exact) mass is 316 g/mol. The van der Waals surface area contributed by atoms with E-state index in [0.29, 0.717) is 32.0 Å². The van der Waals surface area contributed by atoms with Gasteiger partial charge in [0.25, 0.3) is 15.7 Å². The standard InChI is InChI=1S/C11H16N4O5S/c1-12-10-3-2-9(15(16)17)8-11(10)21(18,19)13-14-4-6-20-7-5-14/h2-3,8,12-13H,4-7H2,1H3. The van der Waals surface area contributed by atoms with Gasteiger partial charge in [-0.25, -0.2) is 13.4 Å². The smallest absolute Gasteiger partial charge is 0.270 e. The molecule has 0 amide bonds. The Morgan fingerprint density at radius 1 is 1.33 bits per heavy atom. The first kappa shape index (κ1) is 15.6. The third kappa shape index (κ3) is 3.67. The second-order valence-corrected chi connectivity index (χ2v) is 6.01. The van der Waals surface area contributed by atoms with E-state index in [1.165, 1.54) is 17.1 Å². The lowest BCUT2D eigenvalue weighted by Gasteiger charge is -2.27. The lowest BCUT2D eigenvalue weighted by Crippen LogP contribution is -2.48. The van der Waals surface area contributed by atoms with Crippen molar-refractivity contribution in [2.75, 3.05) is 38.7 Å². The second-order valence-electron chi connectivity index (χ2n) is 4.38. The maximum atomic E-state index is 12.4. The molecule has 116 valence electrons. The van der Waals surface area contributed by atoms with Gasteiger partial charge in [0.15, 0.2) is 0 Å². The van der Waals surface area contributed by atoms with E-state index in [0.717, 1.165) is 6.07 Å². The van der Waals surface area contributed by atoms with Gasteiger partial charge in [0, 0.05) is 32.3 Å². The number of anilines is 1. The molecule has 0 aliphatic carbocycles. The van der Waals surface area contributed by atoms with Gasteiger partial charge in [0.2, 0.25) is 0 Å². The normalized spacial score (nSPS) is 16.6. The second kappa shape index (κ2) is 6.35. The van der Waals surface area contributed by atoms with Crippen LogP contribution in [0.3, 0.4) is 0 Å². The fourth-order valence-corrected chi connectivity index (χ4v) is 3.28. The van der Waals surface area contributed by atoms with Crippen LogP contribution in [0.4, 0.5) is 11.4 Å². The van der Waals surface area contributed by atoms with Gasteiger partial charge in [0.1, 0.15) is 4.90 Å². The average molecular weight is 316 g/mol. The van der Waals surface area contributed by atoms with Gasteiger partial charge >= 0.3 is 0 Å². The van der Waals surface area contributed by atoms with Crippen LogP contribution in [0.2, 0.25) is 0 Å². The Labute approximate surface area is 122 Å². The zero-order valence-corrected chi connectivity index (χ0v) is 12.2. The zero-order chi connectivity index (χ0) is 15.5. The van der Waals surface area contributed by atoms with E-state index in [-0.39, 0.29) is 10.6 Å². The van der Waals surface area contributed by atoms with E-state index in [4.69, 9.17) is 4.74 Å². The van der Waals surface area contributed by atoms with Gasteiger partial charge in [-0.05, 0) is 6.07 Å². The molecule has 0 aromatic heterocycles. The highest BCUT2D eigenvalue weighted by molar-refractivity contribution is 7.89. The Bertz CT molecular complexity index is 628. The predicted octanol–water partition coefficient (Wildman–Crippen LogP) is 0.162. The molecule has 1 aliphatic heterocycles. The van der Waals surface area contributed by atoms with Crippen LogP contribution >= 0.6 is 0 Å². The van der Waals surface area contributed by atoms with E-state index in [1.54, 1.807) is 7.05 Å². The summed E-state index contributed by atoms with van der Waals surface area (Å²) in [5.41, 5.74) is 0.0118. The Hall–Kier alpha value is -1.75. The first-order valence-corrected chi connectivity index (χ1v) is 7.73. The van der Waals surface area contributed by atoms with Crippen LogP contribution in [-0.2, 0) is 14.8 Å². The molecule has 0 radical (unpaired) electrons. The molecule has 21 heavy (non-hydrogen) atoms. The summed E-state index contributed by atoms with van der Waals surface area (Å²) in [6.07, 6.45) is 0. The molecule has 0 spiro atoms. The lowest BCUT2D eigenvalue weighted by molar-refractivity contribution is -0.385. The molecule has 2 N–H and O–H groups in total. The number of nitro benzene ring substituents is 1. The molecule has 9 nitrogen and oxygen atoms in total. The highest BCUT2D eigenvalue weighted by Crippen LogP contribution is 2.26. The summed E-state index contributed by atoms with van der Waals surface area (Å²) in [6, 6.07) is 3.65. The summed E-state index contributed by atoms with van der Waals surface area (Å²) >= 11 is 0. The molecule has 1 aliphatic rings. The maximum Gasteiger partial charge on any atom is 0.270 e. The number of rotatable bonds is 5. The van der Waals surface area contributed by atoms with Gasteiger partial charge in [-0.15, -0.1) is 4.83 Å². The van der Waals surface area contributed by atoms with Crippen molar-refractivity contribution in [1.29, 1.82) is 0 Å². The van der Waals surface area contributed by atoms with Gasteiger partial charge in [0.05, 0.1) is 23.8 Å². The largest absolute Gasteiger partial charge is 0.387 e. The van der Waals surface area contributed by atoms with Crippen molar-refractivity contribution >= 4 is 21.4 Å². The Balaban J connectivity index is 2.32. The van der Waals surface area contributed by atoms with Crippen LogP contribution in [-0.4, -0.2) is 51.7 Å². The number of nitrogens with zero attached hydrogens (tertiary/aromatic N) is 2. The van der Waals surface area contributed by atoms with E-state index < -0.39 is 14.9 Å². The highest BCUT2D eigenvalue weighted by Gasteiger charge is 2.25. The van der Waals surface area contributed by atoms with Crippen LogP contribution in [0, 0.1) is 10.1 Å². The number of hydrogen-bond donors (Lipinski definition) is 2. The number of nitro groups is 1. The number of ether oxygens (including phenoxy) is 1. The van der Waals surface area contributed by atoms with Crippen molar-refractivity contribution in [3.8, 4) is 0 Å².